The van der Waals surface area contributed by atoms with Crippen LogP contribution in [-0.4, -0.2) is 12.6 Å². The summed E-state index contributed by atoms with van der Waals surface area (Å²) in [4.78, 5) is 0. The molecule has 0 aromatic heterocycles. The summed E-state index contributed by atoms with van der Waals surface area (Å²) >= 11 is 0. The van der Waals surface area contributed by atoms with Crippen molar-refractivity contribution in [2.24, 2.45) is 0 Å². The van der Waals surface area contributed by atoms with Gasteiger partial charge in [-0.15, -0.1) is 6.58 Å². The van der Waals surface area contributed by atoms with E-state index >= 15 is 0 Å². The Morgan fingerprint density at radius 1 is 1.44 bits per heavy atom. The number of likely N-dealkylation sites (N-methyl/N-ethyl adjacent to an activating group) is 1. The Morgan fingerprint density at radius 2 is 2.22 bits per heavy atom. The SMILES string of the molecule is C=C(C)CC(NCC)C1CCCc2ccccc21. The number of rotatable bonds is 5. The fraction of sp³-hybridized carbons (Fsp3) is 0.529. The molecule has 1 aromatic rings. The van der Waals surface area contributed by atoms with Gasteiger partial charge in [-0.25, -0.2) is 0 Å². The minimum atomic E-state index is 0.550. The van der Waals surface area contributed by atoms with Crippen LogP contribution in [0.5, 0.6) is 0 Å². The monoisotopic (exact) mass is 243 g/mol. The maximum absolute atomic E-state index is 4.09. The summed E-state index contributed by atoms with van der Waals surface area (Å²) in [5, 5.41) is 3.66. The fourth-order valence-electron chi connectivity index (χ4n) is 3.20. The zero-order valence-corrected chi connectivity index (χ0v) is 11.7. The van der Waals surface area contributed by atoms with Gasteiger partial charge in [-0.1, -0.05) is 36.8 Å². The molecular formula is C17H25N. The first-order valence-corrected chi connectivity index (χ1v) is 7.18. The van der Waals surface area contributed by atoms with E-state index in [1.54, 1.807) is 11.1 Å². The highest BCUT2D eigenvalue weighted by atomic mass is 14.9. The van der Waals surface area contributed by atoms with Crippen LogP contribution in [0.3, 0.4) is 0 Å². The van der Waals surface area contributed by atoms with Crippen LogP contribution in [-0.2, 0) is 6.42 Å². The highest BCUT2D eigenvalue weighted by molar-refractivity contribution is 5.34. The number of nitrogens with one attached hydrogen (secondary N) is 1. The van der Waals surface area contributed by atoms with Crippen molar-refractivity contribution in [2.45, 2.75) is 51.5 Å². The molecule has 1 aromatic carbocycles. The van der Waals surface area contributed by atoms with E-state index in [0.29, 0.717) is 12.0 Å². The predicted octanol–water partition coefficient (Wildman–Crippen LogP) is 4.05. The van der Waals surface area contributed by atoms with Gasteiger partial charge in [0.15, 0.2) is 0 Å². The predicted molar refractivity (Wildman–Crippen MR) is 79.0 cm³/mol. The molecule has 1 aliphatic carbocycles. The number of fused-ring (bicyclic) bond motifs is 1. The Bertz CT molecular complexity index is 408. The smallest absolute Gasteiger partial charge is 0.0173 e. The van der Waals surface area contributed by atoms with Crippen LogP contribution in [0.1, 0.15) is 50.2 Å². The molecule has 1 nitrogen and oxygen atoms in total. The molecule has 1 heteroatoms. The van der Waals surface area contributed by atoms with Crippen LogP contribution in [0.4, 0.5) is 0 Å². The largest absolute Gasteiger partial charge is 0.313 e. The van der Waals surface area contributed by atoms with E-state index < -0.39 is 0 Å². The third kappa shape index (κ3) is 3.02. The van der Waals surface area contributed by atoms with Gasteiger partial charge in [-0.2, -0.15) is 0 Å². The third-order valence-electron chi connectivity index (χ3n) is 3.94. The van der Waals surface area contributed by atoms with E-state index in [1.165, 1.54) is 24.8 Å². The minimum Gasteiger partial charge on any atom is -0.313 e. The lowest BCUT2D eigenvalue weighted by atomic mass is 9.77. The van der Waals surface area contributed by atoms with Crippen molar-refractivity contribution in [3.8, 4) is 0 Å². The number of benzene rings is 1. The van der Waals surface area contributed by atoms with Gasteiger partial charge < -0.3 is 5.32 Å². The zero-order chi connectivity index (χ0) is 13.0. The fourth-order valence-corrected chi connectivity index (χ4v) is 3.20. The van der Waals surface area contributed by atoms with Crippen LogP contribution in [0, 0.1) is 0 Å². The van der Waals surface area contributed by atoms with Gasteiger partial charge in [0.25, 0.3) is 0 Å². The summed E-state index contributed by atoms with van der Waals surface area (Å²) < 4.78 is 0. The standard InChI is InChI=1S/C17H25N/c1-4-18-17(12-13(2)3)16-11-7-9-14-8-5-6-10-15(14)16/h5-6,8,10,16-18H,2,4,7,9,11-12H2,1,3H3. The molecule has 0 amide bonds. The van der Waals surface area contributed by atoms with Gasteiger partial charge >= 0.3 is 0 Å². The van der Waals surface area contributed by atoms with Gasteiger partial charge in [0, 0.05) is 6.04 Å². The van der Waals surface area contributed by atoms with Crippen molar-refractivity contribution in [1.29, 1.82) is 0 Å². The van der Waals surface area contributed by atoms with Gasteiger partial charge in [0.1, 0.15) is 0 Å². The molecule has 0 radical (unpaired) electrons. The van der Waals surface area contributed by atoms with Crippen LogP contribution in [0.25, 0.3) is 0 Å². The summed E-state index contributed by atoms with van der Waals surface area (Å²) in [5.41, 5.74) is 4.40. The maximum Gasteiger partial charge on any atom is 0.0173 e. The molecule has 1 N–H and O–H groups in total. The quantitative estimate of drug-likeness (QED) is 0.769. The summed E-state index contributed by atoms with van der Waals surface area (Å²) in [6, 6.07) is 9.52. The van der Waals surface area contributed by atoms with Crippen LogP contribution in [0.15, 0.2) is 36.4 Å². The van der Waals surface area contributed by atoms with Crippen LogP contribution >= 0.6 is 0 Å². The Morgan fingerprint density at radius 3 is 2.94 bits per heavy atom. The molecular weight excluding hydrogens is 218 g/mol. The first-order valence-electron chi connectivity index (χ1n) is 7.18. The Labute approximate surface area is 111 Å². The van der Waals surface area contributed by atoms with E-state index in [9.17, 15) is 0 Å². The molecule has 1 aliphatic rings. The van der Waals surface area contributed by atoms with Crippen molar-refractivity contribution in [2.75, 3.05) is 6.54 Å². The molecule has 2 atom stereocenters. The average Bonchev–Trinajstić information content (AvgIpc) is 2.37. The summed E-state index contributed by atoms with van der Waals surface area (Å²) in [6.07, 6.45) is 4.97. The first-order chi connectivity index (χ1) is 8.72. The molecule has 0 saturated carbocycles. The normalized spacial score (nSPS) is 20.2. The molecule has 0 saturated heterocycles. The lowest BCUT2D eigenvalue weighted by Gasteiger charge is -2.33. The van der Waals surface area contributed by atoms with E-state index in [2.05, 4.69) is 50.0 Å². The summed E-state index contributed by atoms with van der Waals surface area (Å²) in [7, 11) is 0. The number of hydrogen-bond acceptors (Lipinski definition) is 1. The second-order valence-electron chi connectivity index (χ2n) is 5.52. The lowest BCUT2D eigenvalue weighted by molar-refractivity contribution is 0.395. The molecule has 0 heterocycles. The molecule has 0 bridgehead atoms. The van der Waals surface area contributed by atoms with Gasteiger partial charge in [-0.3, -0.25) is 0 Å². The van der Waals surface area contributed by atoms with Crippen molar-refractivity contribution < 1.29 is 0 Å². The minimum absolute atomic E-state index is 0.550. The van der Waals surface area contributed by atoms with E-state index in [1.807, 2.05) is 0 Å². The second kappa shape index (κ2) is 6.19. The number of hydrogen-bond donors (Lipinski definition) is 1. The van der Waals surface area contributed by atoms with E-state index in [4.69, 9.17) is 0 Å². The van der Waals surface area contributed by atoms with Crippen molar-refractivity contribution in [3.63, 3.8) is 0 Å². The van der Waals surface area contributed by atoms with E-state index in [0.717, 1.165) is 13.0 Å². The molecule has 98 valence electrons. The Hall–Kier alpha value is -1.08. The van der Waals surface area contributed by atoms with Crippen LogP contribution < -0.4 is 5.32 Å². The third-order valence-corrected chi connectivity index (χ3v) is 3.94. The van der Waals surface area contributed by atoms with Crippen molar-refractivity contribution in [3.05, 3.63) is 47.5 Å². The molecule has 2 rings (SSSR count). The molecule has 2 unspecified atom stereocenters. The number of aryl methyl sites for hydroxylation is 1. The maximum atomic E-state index is 4.09. The topological polar surface area (TPSA) is 12.0 Å². The van der Waals surface area contributed by atoms with Gasteiger partial charge in [0.2, 0.25) is 0 Å². The molecule has 0 aliphatic heterocycles. The van der Waals surface area contributed by atoms with Crippen molar-refractivity contribution in [1.82, 2.24) is 5.32 Å². The van der Waals surface area contributed by atoms with Gasteiger partial charge in [0.05, 0.1) is 0 Å². The lowest BCUT2D eigenvalue weighted by Crippen LogP contribution is -2.36. The molecule has 18 heavy (non-hydrogen) atoms. The average molecular weight is 243 g/mol. The Balaban J connectivity index is 2.23. The zero-order valence-electron chi connectivity index (χ0n) is 11.7. The molecule has 0 spiro atoms. The van der Waals surface area contributed by atoms with E-state index in [-0.39, 0.29) is 0 Å². The van der Waals surface area contributed by atoms with Gasteiger partial charge in [-0.05, 0) is 56.2 Å². The summed E-state index contributed by atoms with van der Waals surface area (Å²) in [6.45, 7) is 9.46. The summed E-state index contributed by atoms with van der Waals surface area (Å²) in [5.74, 6) is 0.659. The first kappa shape index (κ1) is 13.4. The second-order valence-corrected chi connectivity index (χ2v) is 5.52. The van der Waals surface area contributed by atoms with Crippen molar-refractivity contribution >= 4 is 0 Å². The molecule has 0 fully saturated rings. The highest BCUT2D eigenvalue weighted by Gasteiger charge is 2.26. The van der Waals surface area contributed by atoms with Crippen LogP contribution in [0.2, 0.25) is 0 Å². The Kier molecular flexibility index (Phi) is 4.60. The highest BCUT2D eigenvalue weighted by Crippen LogP contribution is 2.35.